The van der Waals surface area contributed by atoms with Crippen molar-refractivity contribution in [3.63, 3.8) is 0 Å². The van der Waals surface area contributed by atoms with E-state index in [-0.39, 0.29) is 21.8 Å². The molecule has 0 radical (unpaired) electrons. The van der Waals surface area contributed by atoms with Crippen LogP contribution in [0.5, 0.6) is 0 Å². The zero-order chi connectivity index (χ0) is 33.1. The van der Waals surface area contributed by atoms with E-state index in [1.807, 2.05) is 0 Å². The molecular weight excluding hydrogens is 579 g/mol. The molecule has 3 aliphatic carbocycles. The zero-order valence-corrected chi connectivity index (χ0v) is 28.9. The molecule has 1 heteroatoms. The predicted octanol–water partition coefficient (Wildman–Crippen LogP) is 11.9. The van der Waals surface area contributed by atoms with Crippen molar-refractivity contribution in [2.75, 3.05) is 4.90 Å². The molecule has 0 spiro atoms. The summed E-state index contributed by atoms with van der Waals surface area (Å²) in [6.45, 7) is 14.5. The molecule has 4 atom stereocenters. The number of anilines is 2. The first kappa shape index (κ1) is 29.3. The van der Waals surface area contributed by atoms with Crippen LogP contribution in [0, 0.1) is 5.92 Å². The van der Waals surface area contributed by atoms with Gasteiger partial charge in [0.2, 0.25) is 0 Å². The molecule has 0 saturated heterocycles. The monoisotopic (exact) mass is 621 g/mol. The smallest absolute Gasteiger partial charge is 0.0833 e. The Morgan fingerprint density at radius 2 is 1.23 bits per heavy atom. The van der Waals surface area contributed by atoms with E-state index >= 15 is 0 Å². The molecule has 1 nitrogen and oxygen atoms in total. The van der Waals surface area contributed by atoms with Crippen LogP contribution in [0.2, 0.25) is 0 Å². The Labute approximate surface area is 286 Å². The fourth-order valence-corrected chi connectivity index (χ4v) is 9.97. The van der Waals surface area contributed by atoms with Gasteiger partial charge in [-0.25, -0.2) is 0 Å². The van der Waals surface area contributed by atoms with Crippen LogP contribution in [0.15, 0.2) is 157 Å². The Bertz CT molecular complexity index is 2220. The van der Waals surface area contributed by atoms with Gasteiger partial charge < -0.3 is 4.90 Å². The van der Waals surface area contributed by atoms with Gasteiger partial charge in [-0.15, -0.1) is 0 Å². The molecule has 1 heterocycles. The van der Waals surface area contributed by atoms with Gasteiger partial charge in [0.05, 0.1) is 5.54 Å². The second kappa shape index (κ2) is 9.83. The first-order valence-corrected chi connectivity index (χ1v) is 17.5. The maximum atomic E-state index is 2.66. The highest BCUT2D eigenvalue weighted by Crippen LogP contribution is 2.63. The van der Waals surface area contributed by atoms with Crippen LogP contribution in [0.4, 0.5) is 11.4 Å². The van der Waals surface area contributed by atoms with Gasteiger partial charge >= 0.3 is 0 Å². The van der Waals surface area contributed by atoms with Gasteiger partial charge in [-0.05, 0) is 107 Å². The average Bonchev–Trinajstić information content (AvgIpc) is 3.34. The molecule has 0 aromatic heterocycles. The van der Waals surface area contributed by atoms with Gasteiger partial charge in [0.1, 0.15) is 0 Å². The Morgan fingerprint density at radius 3 is 2.00 bits per heavy atom. The Morgan fingerprint density at radius 1 is 0.542 bits per heavy atom. The molecule has 236 valence electrons. The molecule has 4 aliphatic rings. The highest BCUT2D eigenvalue weighted by molar-refractivity contribution is 5.88. The van der Waals surface area contributed by atoms with E-state index in [0.717, 1.165) is 0 Å². The third kappa shape index (κ3) is 3.73. The lowest BCUT2D eigenvalue weighted by atomic mass is 9.52. The number of hydrogen-bond donors (Lipinski definition) is 0. The van der Waals surface area contributed by atoms with Crippen molar-refractivity contribution in [3.05, 3.63) is 179 Å². The molecule has 0 bridgehead atoms. The lowest BCUT2D eigenvalue weighted by Gasteiger charge is -2.59. The van der Waals surface area contributed by atoms with E-state index in [4.69, 9.17) is 0 Å². The number of hydrogen-bond acceptors (Lipinski definition) is 1. The van der Waals surface area contributed by atoms with E-state index in [2.05, 4.69) is 192 Å². The van der Waals surface area contributed by atoms with E-state index in [0.29, 0.717) is 5.92 Å². The minimum atomic E-state index is -0.374. The molecular formula is C47H43N. The fourth-order valence-electron chi connectivity index (χ4n) is 9.97. The summed E-state index contributed by atoms with van der Waals surface area (Å²) < 4.78 is 0. The van der Waals surface area contributed by atoms with Crippen molar-refractivity contribution in [2.24, 2.45) is 5.92 Å². The summed E-state index contributed by atoms with van der Waals surface area (Å²) in [5, 5.41) is 0. The summed E-state index contributed by atoms with van der Waals surface area (Å²) in [6.07, 6.45) is 10.0. The summed E-state index contributed by atoms with van der Waals surface area (Å²) in [4.78, 5) is 2.66. The summed E-state index contributed by atoms with van der Waals surface area (Å²) in [5.41, 5.74) is 15.4. The molecule has 48 heavy (non-hydrogen) atoms. The third-order valence-corrected chi connectivity index (χ3v) is 12.3. The van der Waals surface area contributed by atoms with E-state index in [1.165, 1.54) is 67.0 Å². The van der Waals surface area contributed by atoms with Crippen LogP contribution in [0.3, 0.4) is 0 Å². The van der Waals surface area contributed by atoms with E-state index in [9.17, 15) is 0 Å². The predicted molar refractivity (Wildman–Crippen MR) is 202 cm³/mol. The summed E-state index contributed by atoms with van der Waals surface area (Å²) >= 11 is 0. The maximum absolute atomic E-state index is 2.66. The van der Waals surface area contributed by atoms with Crippen molar-refractivity contribution in [2.45, 2.75) is 63.3 Å². The van der Waals surface area contributed by atoms with Gasteiger partial charge in [0.15, 0.2) is 0 Å². The van der Waals surface area contributed by atoms with Gasteiger partial charge in [0.25, 0.3) is 0 Å². The molecule has 0 N–H and O–H groups in total. The van der Waals surface area contributed by atoms with E-state index in [1.54, 1.807) is 0 Å². The molecule has 5 aromatic rings. The molecule has 4 unspecified atom stereocenters. The van der Waals surface area contributed by atoms with Gasteiger partial charge in [0, 0.05) is 27.6 Å². The fraction of sp³-hybridized carbons (Fsp3) is 0.234. The van der Waals surface area contributed by atoms with Crippen LogP contribution in [0.1, 0.15) is 63.8 Å². The van der Waals surface area contributed by atoms with Crippen molar-refractivity contribution < 1.29 is 0 Å². The second-order valence-electron chi connectivity index (χ2n) is 15.5. The summed E-state index contributed by atoms with van der Waals surface area (Å²) in [7, 11) is 0. The van der Waals surface area contributed by atoms with Crippen LogP contribution >= 0.6 is 0 Å². The Kier molecular flexibility index (Phi) is 5.99. The van der Waals surface area contributed by atoms with Crippen LogP contribution in [-0.4, -0.2) is 5.54 Å². The number of allylic oxidation sites excluding steroid dienone is 4. The van der Waals surface area contributed by atoms with Crippen LogP contribution < -0.4 is 4.90 Å². The highest BCUT2D eigenvalue weighted by atomic mass is 15.2. The molecule has 0 saturated carbocycles. The standard InChI is InChI=1S/C47H43N/c1-31-25-26-46(5)40-29-33(32-15-9-7-10-16-32)21-24-41(40)48(35-22-23-39-37(30-35)36-19-13-14-20-38(36)44(39,2)3)47(6)28-27-45(4,42(31)43(46)47)34-17-11-8-12-18-34/h7-31H,1-6H3. The van der Waals surface area contributed by atoms with Gasteiger partial charge in [-0.1, -0.05) is 142 Å². The topological polar surface area (TPSA) is 3.24 Å². The minimum Gasteiger partial charge on any atom is -0.328 e. The first-order valence-electron chi connectivity index (χ1n) is 17.5. The van der Waals surface area contributed by atoms with Gasteiger partial charge in [-0.3, -0.25) is 0 Å². The van der Waals surface area contributed by atoms with E-state index < -0.39 is 0 Å². The zero-order valence-electron chi connectivity index (χ0n) is 28.9. The Balaban J connectivity index is 1.35. The largest absolute Gasteiger partial charge is 0.328 e. The van der Waals surface area contributed by atoms with Crippen molar-refractivity contribution in [1.82, 2.24) is 0 Å². The lowest BCUT2D eigenvalue weighted by molar-refractivity contribution is 0.441. The Hall–Kier alpha value is -4.88. The molecule has 1 aliphatic heterocycles. The molecule has 9 rings (SSSR count). The number of benzene rings is 5. The van der Waals surface area contributed by atoms with Crippen molar-refractivity contribution >= 4 is 11.4 Å². The molecule has 0 amide bonds. The normalized spacial score (nSPS) is 27.3. The quantitative estimate of drug-likeness (QED) is 0.181. The second-order valence-corrected chi connectivity index (χ2v) is 15.5. The summed E-state index contributed by atoms with van der Waals surface area (Å²) in [5.74, 6) is 0.302. The van der Waals surface area contributed by atoms with Gasteiger partial charge in [-0.2, -0.15) is 0 Å². The summed E-state index contributed by atoms with van der Waals surface area (Å²) in [6, 6.07) is 45.4. The average molecular weight is 622 g/mol. The van der Waals surface area contributed by atoms with Crippen LogP contribution in [-0.2, 0) is 16.2 Å². The van der Waals surface area contributed by atoms with Crippen LogP contribution in [0.25, 0.3) is 22.3 Å². The molecule has 5 aromatic carbocycles. The lowest BCUT2D eigenvalue weighted by Crippen LogP contribution is -2.58. The SMILES string of the molecule is CC1C=CC2(C)C3=C1C(C)(c1ccccc1)C=CC3(C)N(c1ccc3c(c1)-c1ccccc1C3(C)C)c1ccc(-c3ccccc3)cc12. The van der Waals surface area contributed by atoms with Crippen molar-refractivity contribution in [1.29, 1.82) is 0 Å². The maximum Gasteiger partial charge on any atom is 0.0833 e. The number of rotatable bonds is 3. The third-order valence-electron chi connectivity index (χ3n) is 12.3. The molecule has 0 fully saturated rings. The highest BCUT2D eigenvalue weighted by Gasteiger charge is 2.57. The minimum absolute atomic E-state index is 0.0289. The number of fused-ring (bicyclic) bond motifs is 5. The van der Waals surface area contributed by atoms with Crippen molar-refractivity contribution in [3.8, 4) is 22.3 Å². The number of nitrogens with zero attached hydrogens (tertiary/aromatic N) is 1. The first-order chi connectivity index (χ1) is 23.1.